The quantitative estimate of drug-likeness (QED) is 0.648. The molecule has 9 heteroatoms. The minimum Gasteiger partial charge on any atom is -0.383 e. The van der Waals surface area contributed by atoms with E-state index < -0.39 is 0 Å². The number of halogens is 1. The Morgan fingerprint density at radius 1 is 1.33 bits per heavy atom. The van der Waals surface area contributed by atoms with Crippen LogP contribution in [0.3, 0.4) is 0 Å². The third-order valence-corrected chi connectivity index (χ3v) is 5.21. The van der Waals surface area contributed by atoms with Crippen LogP contribution in [0.5, 0.6) is 0 Å². The van der Waals surface area contributed by atoms with Crippen molar-refractivity contribution in [1.29, 1.82) is 0 Å². The van der Waals surface area contributed by atoms with Crippen LogP contribution in [-0.4, -0.2) is 71.6 Å². The lowest BCUT2D eigenvalue weighted by Crippen LogP contribution is -2.38. The van der Waals surface area contributed by atoms with Crippen molar-refractivity contribution in [2.45, 2.75) is 13.1 Å². The molecule has 30 heavy (non-hydrogen) atoms. The Bertz CT molecular complexity index is 927. The largest absolute Gasteiger partial charge is 0.383 e. The summed E-state index contributed by atoms with van der Waals surface area (Å²) in [7, 11) is 3.64. The van der Waals surface area contributed by atoms with Gasteiger partial charge in [0.2, 0.25) is 5.91 Å². The molecule has 2 aromatic rings. The van der Waals surface area contributed by atoms with Gasteiger partial charge >= 0.3 is 0 Å². The number of benzene rings is 1. The molecule has 2 amide bonds. The minimum absolute atomic E-state index is 0.0635. The molecule has 1 aromatic carbocycles. The van der Waals surface area contributed by atoms with Gasteiger partial charge in [0.1, 0.15) is 11.5 Å². The summed E-state index contributed by atoms with van der Waals surface area (Å²) in [4.78, 5) is 33.3. The van der Waals surface area contributed by atoms with Crippen LogP contribution >= 0.6 is 11.6 Å². The van der Waals surface area contributed by atoms with Crippen LogP contribution < -0.4 is 5.32 Å². The number of anilines is 1. The lowest BCUT2D eigenvalue weighted by Gasteiger charge is -2.27. The number of likely N-dealkylation sites (N-methyl/N-ethyl adjacent to an activating group) is 1. The molecule has 1 N–H and O–H groups in total. The van der Waals surface area contributed by atoms with E-state index in [1.165, 1.54) is 6.20 Å². The molecule has 0 radical (unpaired) electrons. The average Bonchev–Trinajstić information content (AvgIpc) is 3.17. The van der Waals surface area contributed by atoms with Crippen molar-refractivity contribution < 1.29 is 14.3 Å². The summed E-state index contributed by atoms with van der Waals surface area (Å²) in [5, 5.41) is 3.29. The van der Waals surface area contributed by atoms with Crippen molar-refractivity contribution in [1.82, 2.24) is 19.4 Å². The van der Waals surface area contributed by atoms with Gasteiger partial charge < -0.3 is 24.4 Å². The van der Waals surface area contributed by atoms with Crippen molar-refractivity contribution in [2.75, 3.05) is 45.7 Å². The van der Waals surface area contributed by atoms with E-state index in [9.17, 15) is 9.59 Å². The van der Waals surface area contributed by atoms with Gasteiger partial charge in [-0.15, -0.1) is 0 Å². The van der Waals surface area contributed by atoms with Crippen LogP contribution in [0.4, 0.5) is 5.69 Å². The maximum absolute atomic E-state index is 12.7. The fourth-order valence-electron chi connectivity index (χ4n) is 3.16. The minimum atomic E-state index is -0.277. The first-order valence-electron chi connectivity index (χ1n) is 9.72. The molecule has 0 atom stereocenters. The number of nitrogens with one attached hydrogen (secondary N) is 1. The predicted molar refractivity (Wildman–Crippen MR) is 116 cm³/mol. The average molecular weight is 432 g/mol. The van der Waals surface area contributed by atoms with E-state index in [0.29, 0.717) is 55.0 Å². The van der Waals surface area contributed by atoms with E-state index in [1.54, 1.807) is 42.4 Å². The number of hydrogen-bond acceptors (Lipinski definition) is 5. The highest BCUT2D eigenvalue weighted by Gasteiger charge is 2.25. The molecule has 8 nitrogen and oxygen atoms in total. The van der Waals surface area contributed by atoms with Crippen molar-refractivity contribution in [3.05, 3.63) is 59.2 Å². The standard InChI is InChI=1S/C21H26ClN5O3/c1-25(12-13-30-2)9-5-8-20(28)26-10-11-27-18(14-23-19(27)15-26)21(29)24-17-7-4-3-6-16(17)22/h3-8,14H,9-13,15H2,1-2H3,(H,24,29)/b8-5+. The number of hydrogen-bond donors (Lipinski definition) is 1. The first-order valence-corrected chi connectivity index (χ1v) is 10.1. The Kier molecular flexibility index (Phi) is 7.62. The summed E-state index contributed by atoms with van der Waals surface area (Å²) in [6.45, 7) is 3.51. The van der Waals surface area contributed by atoms with Crippen LogP contribution in [-0.2, 0) is 22.6 Å². The van der Waals surface area contributed by atoms with Crippen molar-refractivity contribution in [3.63, 3.8) is 0 Å². The number of nitrogens with zero attached hydrogens (tertiary/aromatic N) is 4. The van der Waals surface area contributed by atoms with Crippen molar-refractivity contribution in [3.8, 4) is 0 Å². The van der Waals surface area contributed by atoms with Gasteiger partial charge in [-0.05, 0) is 19.2 Å². The maximum atomic E-state index is 12.7. The molecule has 0 saturated carbocycles. The Morgan fingerprint density at radius 3 is 2.90 bits per heavy atom. The number of amides is 2. The molecular weight excluding hydrogens is 406 g/mol. The van der Waals surface area contributed by atoms with Gasteiger partial charge in [0.25, 0.3) is 5.91 Å². The second-order valence-corrected chi connectivity index (χ2v) is 7.47. The van der Waals surface area contributed by atoms with Crippen molar-refractivity contribution >= 4 is 29.1 Å². The Morgan fingerprint density at radius 2 is 2.13 bits per heavy atom. The predicted octanol–water partition coefficient (Wildman–Crippen LogP) is 2.27. The van der Waals surface area contributed by atoms with Gasteiger partial charge in [-0.3, -0.25) is 9.59 Å². The van der Waals surface area contributed by atoms with E-state index in [0.717, 1.165) is 6.54 Å². The van der Waals surface area contributed by atoms with Crippen LogP contribution in [0, 0.1) is 0 Å². The summed E-state index contributed by atoms with van der Waals surface area (Å²) in [6.07, 6.45) is 4.98. The molecule has 0 spiro atoms. The molecule has 1 aromatic heterocycles. The van der Waals surface area contributed by atoms with E-state index in [-0.39, 0.29) is 11.8 Å². The maximum Gasteiger partial charge on any atom is 0.273 e. The van der Waals surface area contributed by atoms with Gasteiger partial charge in [-0.2, -0.15) is 0 Å². The fraction of sp³-hybridized carbons (Fsp3) is 0.381. The highest BCUT2D eigenvalue weighted by atomic mass is 35.5. The van der Waals surface area contributed by atoms with Crippen LogP contribution in [0.2, 0.25) is 5.02 Å². The van der Waals surface area contributed by atoms with Gasteiger partial charge in [0, 0.05) is 39.4 Å². The highest BCUT2D eigenvalue weighted by Crippen LogP contribution is 2.22. The summed E-state index contributed by atoms with van der Waals surface area (Å²) in [5.74, 6) is 0.344. The Balaban J connectivity index is 1.58. The third kappa shape index (κ3) is 5.47. The molecule has 1 aliphatic heterocycles. The fourth-order valence-corrected chi connectivity index (χ4v) is 3.34. The molecule has 0 unspecified atom stereocenters. The van der Waals surface area contributed by atoms with E-state index >= 15 is 0 Å². The number of imidazole rings is 1. The first-order chi connectivity index (χ1) is 14.5. The summed E-state index contributed by atoms with van der Waals surface area (Å²) in [6, 6.07) is 7.07. The third-order valence-electron chi connectivity index (χ3n) is 4.89. The molecule has 0 aliphatic carbocycles. The van der Waals surface area contributed by atoms with E-state index in [4.69, 9.17) is 16.3 Å². The monoisotopic (exact) mass is 431 g/mol. The van der Waals surface area contributed by atoms with Crippen LogP contribution in [0.25, 0.3) is 0 Å². The summed E-state index contributed by atoms with van der Waals surface area (Å²) in [5.41, 5.74) is 1.00. The zero-order chi connectivity index (χ0) is 21.5. The lowest BCUT2D eigenvalue weighted by molar-refractivity contribution is -0.127. The molecule has 160 valence electrons. The lowest BCUT2D eigenvalue weighted by atomic mass is 10.3. The number of aromatic nitrogens is 2. The summed E-state index contributed by atoms with van der Waals surface area (Å²) >= 11 is 6.12. The first kappa shape index (κ1) is 22.0. The van der Waals surface area contributed by atoms with Gasteiger partial charge in [-0.1, -0.05) is 29.8 Å². The normalized spacial score (nSPS) is 13.7. The zero-order valence-corrected chi connectivity index (χ0v) is 17.9. The Hall–Kier alpha value is -2.68. The molecular formula is C21H26ClN5O3. The van der Waals surface area contributed by atoms with Crippen LogP contribution in [0.1, 0.15) is 16.3 Å². The van der Waals surface area contributed by atoms with Gasteiger partial charge in [0.05, 0.1) is 30.1 Å². The number of carbonyl (C=O) groups is 2. The Labute approximate surface area is 181 Å². The van der Waals surface area contributed by atoms with Gasteiger partial charge in [-0.25, -0.2) is 4.98 Å². The second-order valence-electron chi connectivity index (χ2n) is 7.06. The molecule has 2 heterocycles. The summed E-state index contributed by atoms with van der Waals surface area (Å²) < 4.78 is 6.89. The number of para-hydroxylation sites is 1. The number of fused-ring (bicyclic) bond motifs is 1. The molecule has 1 aliphatic rings. The molecule has 3 rings (SSSR count). The smallest absolute Gasteiger partial charge is 0.273 e. The number of carbonyl (C=O) groups excluding carboxylic acids is 2. The highest BCUT2D eigenvalue weighted by molar-refractivity contribution is 6.33. The van der Waals surface area contributed by atoms with Gasteiger partial charge in [0.15, 0.2) is 0 Å². The van der Waals surface area contributed by atoms with E-state index in [2.05, 4.69) is 15.2 Å². The number of rotatable bonds is 8. The number of methoxy groups -OCH3 is 1. The van der Waals surface area contributed by atoms with Crippen LogP contribution in [0.15, 0.2) is 42.6 Å². The molecule has 0 bridgehead atoms. The second kappa shape index (κ2) is 10.4. The van der Waals surface area contributed by atoms with E-state index in [1.807, 2.05) is 17.7 Å². The molecule has 0 fully saturated rings. The zero-order valence-electron chi connectivity index (χ0n) is 17.2. The SMILES string of the molecule is COCCN(C)C/C=C/C(=O)N1CCn2c(C(=O)Nc3ccccc3Cl)cnc2C1. The number of ether oxygens (including phenoxy) is 1. The van der Waals surface area contributed by atoms with Crippen molar-refractivity contribution in [2.24, 2.45) is 0 Å². The molecule has 0 saturated heterocycles. The topological polar surface area (TPSA) is 79.7 Å².